The molecule has 2 bridgehead atoms. The number of carbonyl (C=O) groups excluding carboxylic acids is 1. The van der Waals surface area contributed by atoms with E-state index >= 15 is 0 Å². The summed E-state index contributed by atoms with van der Waals surface area (Å²) in [4.78, 5) is 10.8. The zero-order valence-corrected chi connectivity index (χ0v) is 12.1. The van der Waals surface area contributed by atoms with Crippen LogP contribution in [0.3, 0.4) is 0 Å². The molecule has 4 atom stereocenters. The molecule has 0 spiro atoms. The molecule has 6 nitrogen and oxygen atoms in total. The van der Waals surface area contributed by atoms with Crippen LogP contribution in [0.15, 0.2) is 0 Å². The Labute approximate surface area is 116 Å². The summed E-state index contributed by atoms with van der Waals surface area (Å²) in [5, 5.41) is 12.6. The van der Waals surface area contributed by atoms with Crippen LogP contribution in [0.5, 0.6) is 0 Å². The van der Waals surface area contributed by atoms with E-state index < -0.39 is 16.3 Å². The third kappa shape index (κ3) is 1.91. The van der Waals surface area contributed by atoms with Crippen molar-refractivity contribution in [2.45, 2.75) is 49.2 Å². The highest BCUT2D eigenvalue weighted by molar-refractivity contribution is 8.00. The molecule has 0 aromatic carbocycles. The quantitative estimate of drug-likeness (QED) is 0.736. The first-order chi connectivity index (χ1) is 8.83. The number of ether oxygens (including phenoxy) is 3. The Balaban J connectivity index is 1.97. The first kappa shape index (κ1) is 13.6. The van der Waals surface area contributed by atoms with Crippen molar-refractivity contribution in [3.63, 3.8) is 0 Å². The molecule has 4 rings (SSSR count). The molecule has 0 aromatic heterocycles. The number of nitrogens with one attached hydrogen (secondary N) is 1. The largest absolute Gasteiger partial charge is 0.393 e. The van der Waals surface area contributed by atoms with Crippen molar-refractivity contribution >= 4 is 17.7 Å². The fourth-order valence-corrected chi connectivity index (χ4v) is 4.56. The van der Waals surface area contributed by atoms with Gasteiger partial charge in [0, 0.05) is 12.7 Å². The molecule has 0 aliphatic carbocycles. The highest BCUT2D eigenvalue weighted by Gasteiger charge is 2.68. The molecular formula is C12H19NO5S. The lowest BCUT2D eigenvalue weighted by Crippen LogP contribution is -2.75. The summed E-state index contributed by atoms with van der Waals surface area (Å²) in [6.45, 7) is 5.35. The van der Waals surface area contributed by atoms with Crippen molar-refractivity contribution < 1.29 is 24.1 Å². The minimum Gasteiger partial charge on any atom is -0.393 e. The summed E-state index contributed by atoms with van der Waals surface area (Å²) < 4.78 is 17.7. The van der Waals surface area contributed by atoms with E-state index in [-0.39, 0.29) is 24.7 Å². The van der Waals surface area contributed by atoms with Crippen LogP contribution in [0, 0.1) is 0 Å². The molecule has 1 amide bonds. The minimum absolute atomic E-state index is 0.114. The van der Waals surface area contributed by atoms with Gasteiger partial charge in [-0.2, -0.15) is 0 Å². The Bertz CT molecular complexity index is 405. The zero-order valence-electron chi connectivity index (χ0n) is 11.3. The van der Waals surface area contributed by atoms with Crippen LogP contribution >= 0.6 is 11.8 Å². The van der Waals surface area contributed by atoms with Gasteiger partial charge in [-0.25, -0.2) is 0 Å². The number of thioether (sulfide) groups is 1. The van der Waals surface area contributed by atoms with Gasteiger partial charge < -0.3 is 24.6 Å². The number of hydrogen-bond acceptors (Lipinski definition) is 6. The van der Waals surface area contributed by atoms with Gasteiger partial charge in [0.05, 0.1) is 13.2 Å². The summed E-state index contributed by atoms with van der Waals surface area (Å²) in [6, 6.07) is 0. The number of carbonyl (C=O) groups is 1. The Morgan fingerprint density at radius 1 is 1.42 bits per heavy atom. The number of rotatable bonds is 2. The number of aliphatic hydroxyl groups excluding tert-OH is 1. The lowest BCUT2D eigenvalue weighted by molar-refractivity contribution is -0.201. The average molecular weight is 289 g/mol. The van der Waals surface area contributed by atoms with Gasteiger partial charge in [0.15, 0.2) is 5.79 Å². The van der Waals surface area contributed by atoms with Crippen molar-refractivity contribution in [2.75, 3.05) is 19.0 Å². The lowest BCUT2D eigenvalue weighted by atomic mass is 9.87. The number of hydrogen-bond donors (Lipinski definition) is 2. The van der Waals surface area contributed by atoms with E-state index in [0.29, 0.717) is 12.4 Å². The highest BCUT2D eigenvalue weighted by atomic mass is 32.2. The van der Waals surface area contributed by atoms with Crippen LogP contribution in [0.4, 0.5) is 0 Å². The number of amides is 1. The second-order valence-electron chi connectivity index (χ2n) is 5.85. The molecule has 4 saturated heterocycles. The predicted octanol–water partition coefficient (Wildman–Crippen LogP) is -0.153. The summed E-state index contributed by atoms with van der Waals surface area (Å²) >= 11 is 1.57. The van der Waals surface area contributed by atoms with E-state index in [1.54, 1.807) is 11.8 Å². The maximum atomic E-state index is 11.5. The van der Waals surface area contributed by atoms with Gasteiger partial charge >= 0.3 is 0 Å². The summed E-state index contributed by atoms with van der Waals surface area (Å²) in [5.74, 6) is -0.288. The van der Waals surface area contributed by atoms with Gasteiger partial charge in [-0.3, -0.25) is 4.79 Å². The molecule has 4 aliphatic heterocycles. The molecule has 0 radical (unpaired) electrons. The Hall–Kier alpha value is -0.340. The summed E-state index contributed by atoms with van der Waals surface area (Å²) in [7, 11) is 0. The van der Waals surface area contributed by atoms with Crippen molar-refractivity contribution in [2.24, 2.45) is 0 Å². The monoisotopic (exact) mass is 289 g/mol. The van der Waals surface area contributed by atoms with Crippen LogP contribution in [-0.2, 0) is 19.0 Å². The van der Waals surface area contributed by atoms with Crippen molar-refractivity contribution in [3.05, 3.63) is 0 Å². The molecule has 2 N–H and O–H groups in total. The standard InChI is InChI=1S/C12H19NO5S/c1-7(15)13-12-5-16-11(4-14,6-19-12)8-9(12)18-10(2,3)17-8/h8-9,14H,4-6H2,1-3H3,(H,13,15)/t8-,9+,11+,12-/m1/s1. The molecule has 108 valence electrons. The Morgan fingerprint density at radius 2 is 2.11 bits per heavy atom. The van der Waals surface area contributed by atoms with E-state index in [4.69, 9.17) is 14.2 Å². The maximum absolute atomic E-state index is 11.5. The summed E-state index contributed by atoms with van der Waals surface area (Å²) in [5.41, 5.74) is -0.733. The second kappa shape index (κ2) is 4.08. The average Bonchev–Trinajstić information content (AvgIpc) is 2.67. The fraction of sp³-hybridized carbons (Fsp3) is 0.917. The van der Waals surface area contributed by atoms with Crippen molar-refractivity contribution in [1.29, 1.82) is 0 Å². The minimum atomic E-state index is -0.738. The smallest absolute Gasteiger partial charge is 0.218 e. The van der Waals surface area contributed by atoms with Crippen LogP contribution in [0.2, 0.25) is 0 Å². The van der Waals surface area contributed by atoms with Gasteiger partial charge in [0.25, 0.3) is 0 Å². The van der Waals surface area contributed by atoms with Gasteiger partial charge in [0.1, 0.15) is 22.7 Å². The maximum Gasteiger partial charge on any atom is 0.218 e. The van der Waals surface area contributed by atoms with E-state index in [0.717, 1.165) is 0 Å². The van der Waals surface area contributed by atoms with Gasteiger partial charge in [-0.15, -0.1) is 11.8 Å². The number of aliphatic hydroxyl groups is 1. The molecular weight excluding hydrogens is 270 g/mol. The third-order valence-electron chi connectivity index (χ3n) is 3.88. The van der Waals surface area contributed by atoms with Gasteiger partial charge in [-0.05, 0) is 13.8 Å². The van der Waals surface area contributed by atoms with E-state index in [1.807, 2.05) is 13.8 Å². The molecule has 0 aromatic rings. The number of fused-ring (bicyclic) bond motifs is 2. The van der Waals surface area contributed by atoms with E-state index in [9.17, 15) is 9.90 Å². The predicted molar refractivity (Wildman–Crippen MR) is 68.6 cm³/mol. The lowest BCUT2D eigenvalue weighted by Gasteiger charge is -2.56. The SMILES string of the molecule is CC(=O)N[C@]12CO[C@@](CO)(CS1)[C@@H]1OC(C)(C)O[C@@H]12. The van der Waals surface area contributed by atoms with Crippen LogP contribution in [0.1, 0.15) is 20.8 Å². The second-order valence-corrected chi connectivity index (χ2v) is 7.15. The van der Waals surface area contributed by atoms with Crippen molar-refractivity contribution in [3.8, 4) is 0 Å². The third-order valence-corrected chi connectivity index (χ3v) is 5.48. The van der Waals surface area contributed by atoms with Crippen LogP contribution in [0.25, 0.3) is 0 Å². The molecule has 4 heterocycles. The molecule has 4 fully saturated rings. The Morgan fingerprint density at radius 3 is 2.63 bits per heavy atom. The normalized spacial score (nSPS) is 46.9. The van der Waals surface area contributed by atoms with Gasteiger partial charge in [0.2, 0.25) is 5.91 Å². The fourth-order valence-electron chi connectivity index (χ4n) is 3.02. The van der Waals surface area contributed by atoms with Crippen molar-refractivity contribution in [1.82, 2.24) is 5.32 Å². The van der Waals surface area contributed by atoms with Gasteiger partial charge in [-0.1, -0.05) is 0 Å². The molecule has 4 aliphatic rings. The molecule has 19 heavy (non-hydrogen) atoms. The first-order valence-electron chi connectivity index (χ1n) is 6.36. The summed E-state index contributed by atoms with van der Waals surface area (Å²) in [6.07, 6.45) is -0.680. The molecule has 0 unspecified atom stereocenters. The topological polar surface area (TPSA) is 77.0 Å². The molecule has 0 saturated carbocycles. The zero-order chi connectivity index (χ0) is 13.9. The highest BCUT2D eigenvalue weighted by Crippen LogP contribution is 2.53. The van der Waals surface area contributed by atoms with E-state index in [1.165, 1.54) is 6.92 Å². The van der Waals surface area contributed by atoms with E-state index in [2.05, 4.69) is 5.32 Å². The Kier molecular flexibility index (Phi) is 2.93. The molecule has 7 heteroatoms. The van der Waals surface area contributed by atoms with Crippen LogP contribution in [-0.4, -0.2) is 58.4 Å². The van der Waals surface area contributed by atoms with Crippen LogP contribution < -0.4 is 5.32 Å². The first-order valence-corrected chi connectivity index (χ1v) is 7.34.